The van der Waals surface area contributed by atoms with Crippen LogP contribution in [0.4, 0.5) is 0 Å². The Morgan fingerprint density at radius 3 is 3.14 bits per heavy atom. The van der Waals surface area contributed by atoms with E-state index in [2.05, 4.69) is 9.88 Å². The molecule has 0 unspecified atom stereocenters. The maximum Gasteiger partial charge on any atom is 0.335 e. The molecule has 0 amide bonds. The van der Waals surface area contributed by atoms with E-state index in [9.17, 15) is 4.79 Å². The highest BCUT2D eigenvalue weighted by atomic mass is 32.1. The molecule has 1 atom stereocenters. The number of piperidine rings is 1. The van der Waals surface area contributed by atoms with Gasteiger partial charge in [-0.05, 0) is 43.0 Å². The van der Waals surface area contributed by atoms with E-state index in [1.807, 2.05) is 29.9 Å². The van der Waals surface area contributed by atoms with Crippen molar-refractivity contribution in [3.63, 3.8) is 0 Å². The fourth-order valence-corrected chi connectivity index (χ4v) is 3.57. The van der Waals surface area contributed by atoms with E-state index >= 15 is 0 Å². The molecule has 2 heterocycles. The number of likely N-dealkylation sites (tertiary alicyclic amines) is 1. The smallest absolute Gasteiger partial charge is 0.335 e. The molecule has 5 heteroatoms. The highest BCUT2D eigenvalue weighted by molar-refractivity contribution is 7.09. The molecule has 0 aliphatic carbocycles. The van der Waals surface area contributed by atoms with Crippen LogP contribution in [-0.2, 0) is 6.54 Å². The third-order valence-electron chi connectivity index (χ3n) is 3.97. The Morgan fingerprint density at radius 1 is 1.48 bits per heavy atom. The molecule has 1 saturated heterocycles. The monoisotopic (exact) mass is 302 g/mol. The number of thiazole rings is 1. The van der Waals surface area contributed by atoms with Crippen molar-refractivity contribution in [3.05, 3.63) is 52.0 Å². The van der Waals surface area contributed by atoms with Crippen molar-refractivity contribution in [2.75, 3.05) is 13.1 Å². The zero-order valence-corrected chi connectivity index (χ0v) is 12.6. The van der Waals surface area contributed by atoms with E-state index in [1.54, 1.807) is 17.4 Å². The van der Waals surface area contributed by atoms with Crippen molar-refractivity contribution in [2.24, 2.45) is 0 Å². The predicted octanol–water partition coefficient (Wildman–Crippen LogP) is 3.22. The molecule has 1 N–H and O–H groups in total. The molecular weight excluding hydrogens is 284 g/mol. The summed E-state index contributed by atoms with van der Waals surface area (Å²) in [5.74, 6) is -0.430. The lowest BCUT2D eigenvalue weighted by molar-refractivity contribution is 0.0696. The molecule has 1 aromatic carbocycles. The lowest BCUT2D eigenvalue weighted by atomic mass is 9.89. The van der Waals surface area contributed by atoms with Crippen molar-refractivity contribution >= 4 is 17.3 Å². The third kappa shape index (κ3) is 3.49. The maximum absolute atomic E-state index is 11.1. The van der Waals surface area contributed by atoms with Crippen molar-refractivity contribution in [1.82, 2.24) is 9.88 Å². The minimum atomic E-state index is -0.853. The first-order chi connectivity index (χ1) is 10.2. The Balaban J connectivity index is 1.70. The van der Waals surface area contributed by atoms with Gasteiger partial charge in [-0.1, -0.05) is 12.1 Å². The number of carbonyl (C=O) groups is 1. The van der Waals surface area contributed by atoms with Gasteiger partial charge in [-0.15, -0.1) is 11.3 Å². The number of rotatable bonds is 4. The zero-order valence-electron chi connectivity index (χ0n) is 11.7. The summed E-state index contributed by atoms with van der Waals surface area (Å²) in [6.07, 6.45) is 4.21. The summed E-state index contributed by atoms with van der Waals surface area (Å²) < 4.78 is 0. The van der Waals surface area contributed by atoms with Crippen LogP contribution in [-0.4, -0.2) is 34.0 Å². The van der Waals surface area contributed by atoms with E-state index in [0.29, 0.717) is 11.5 Å². The summed E-state index contributed by atoms with van der Waals surface area (Å²) >= 11 is 1.69. The van der Waals surface area contributed by atoms with Gasteiger partial charge in [0.1, 0.15) is 0 Å². The molecule has 0 bridgehead atoms. The van der Waals surface area contributed by atoms with Gasteiger partial charge in [0.25, 0.3) is 0 Å². The number of nitrogens with zero attached hydrogens (tertiary/aromatic N) is 2. The number of carboxylic acids is 1. The zero-order chi connectivity index (χ0) is 14.7. The highest BCUT2D eigenvalue weighted by Gasteiger charge is 2.22. The second-order valence-corrected chi connectivity index (χ2v) is 6.44. The van der Waals surface area contributed by atoms with Crippen LogP contribution in [0.5, 0.6) is 0 Å². The average Bonchev–Trinajstić information content (AvgIpc) is 3.00. The number of benzene rings is 1. The first-order valence-corrected chi connectivity index (χ1v) is 8.03. The van der Waals surface area contributed by atoms with Crippen molar-refractivity contribution < 1.29 is 9.90 Å². The Kier molecular flexibility index (Phi) is 4.31. The van der Waals surface area contributed by atoms with E-state index in [-0.39, 0.29) is 0 Å². The number of aromatic nitrogens is 1. The van der Waals surface area contributed by atoms with Crippen molar-refractivity contribution in [2.45, 2.75) is 25.3 Å². The lowest BCUT2D eigenvalue weighted by Gasteiger charge is -2.32. The second kappa shape index (κ2) is 6.37. The Bertz CT molecular complexity index is 612. The van der Waals surface area contributed by atoms with Gasteiger partial charge in [-0.2, -0.15) is 0 Å². The van der Waals surface area contributed by atoms with Crippen LogP contribution in [0.15, 0.2) is 36.0 Å². The normalized spacial score (nSPS) is 19.5. The minimum absolute atomic E-state index is 0.382. The summed E-state index contributed by atoms with van der Waals surface area (Å²) in [4.78, 5) is 18.9. The quantitative estimate of drug-likeness (QED) is 0.942. The van der Waals surface area contributed by atoms with Gasteiger partial charge in [-0.25, -0.2) is 4.79 Å². The van der Waals surface area contributed by atoms with E-state index in [0.717, 1.165) is 38.0 Å². The molecule has 110 valence electrons. The number of hydrogen-bond acceptors (Lipinski definition) is 4. The van der Waals surface area contributed by atoms with E-state index in [1.165, 1.54) is 4.88 Å². The summed E-state index contributed by atoms with van der Waals surface area (Å²) in [7, 11) is 0. The maximum atomic E-state index is 11.1. The molecule has 21 heavy (non-hydrogen) atoms. The van der Waals surface area contributed by atoms with Gasteiger partial charge in [0, 0.05) is 24.2 Å². The molecule has 0 spiro atoms. The fraction of sp³-hybridized carbons (Fsp3) is 0.375. The van der Waals surface area contributed by atoms with Crippen LogP contribution in [0.25, 0.3) is 0 Å². The molecule has 0 saturated carbocycles. The van der Waals surface area contributed by atoms with Crippen molar-refractivity contribution in [3.8, 4) is 0 Å². The largest absolute Gasteiger partial charge is 0.478 e. The van der Waals surface area contributed by atoms with Gasteiger partial charge >= 0.3 is 5.97 Å². The third-order valence-corrected chi connectivity index (χ3v) is 4.74. The van der Waals surface area contributed by atoms with Crippen LogP contribution in [0.2, 0.25) is 0 Å². The predicted molar refractivity (Wildman–Crippen MR) is 82.8 cm³/mol. The van der Waals surface area contributed by atoms with Gasteiger partial charge in [0.2, 0.25) is 0 Å². The number of carboxylic acid groups (broad SMARTS) is 1. The first-order valence-electron chi connectivity index (χ1n) is 7.15. The van der Waals surface area contributed by atoms with E-state index in [4.69, 9.17) is 5.11 Å². The standard InChI is InChI=1S/C16H18N2O2S/c19-16(20)13-4-1-3-12(7-13)14-5-2-6-18(9-14)10-15-8-17-11-21-15/h1,3-4,7-8,11,14H,2,5-6,9-10H2,(H,19,20)/t14-/m0/s1. The van der Waals surface area contributed by atoms with Crippen LogP contribution >= 0.6 is 11.3 Å². The second-order valence-electron chi connectivity index (χ2n) is 5.47. The fourth-order valence-electron chi connectivity index (χ4n) is 2.94. The highest BCUT2D eigenvalue weighted by Crippen LogP contribution is 2.28. The molecule has 0 radical (unpaired) electrons. The molecule has 1 fully saturated rings. The molecule has 2 aromatic rings. The summed E-state index contributed by atoms with van der Waals surface area (Å²) in [6, 6.07) is 7.38. The Labute approximate surface area is 128 Å². The number of hydrogen-bond donors (Lipinski definition) is 1. The molecule has 1 aliphatic rings. The van der Waals surface area contributed by atoms with Gasteiger partial charge in [0.15, 0.2) is 0 Å². The summed E-state index contributed by atoms with van der Waals surface area (Å²) in [5, 5.41) is 9.11. The summed E-state index contributed by atoms with van der Waals surface area (Å²) in [6.45, 7) is 3.04. The molecule has 1 aromatic heterocycles. The van der Waals surface area contributed by atoms with Crippen molar-refractivity contribution in [1.29, 1.82) is 0 Å². The van der Waals surface area contributed by atoms with Gasteiger partial charge in [-0.3, -0.25) is 9.88 Å². The average molecular weight is 302 g/mol. The molecular formula is C16H18N2O2S. The topological polar surface area (TPSA) is 53.4 Å². The van der Waals surface area contributed by atoms with Crippen LogP contribution in [0.1, 0.15) is 39.6 Å². The van der Waals surface area contributed by atoms with Crippen LogP contribution < -0.4 is 0 Å². The van der Waals surface area contributed by atoms with Gasteiger partial charge in [0.05, 0.1) is 11.1 Å². The first kappa shape index (κ1) is 14.2. The molecule has 4 nitrogen and oxygen atoms in total. The lowest BCUT2D eigenvalue weighted by Crippen LogP contribution is -2.33. The number of aromatic carboxylic acids is 1. The van der Waals surface area contributed by atoms with Crippen LogP contribution in [0, 0.1) is 0 Å². The molecule has 3 rings (SSSR count). The minimum Gasteiger partial charge on any atom is -0.478 e. The Hall–Kier alpha value is -1.72. The van der Waals surface area contributed by atoms with Crippen LogP contribution in [0.3, 0.4) is 0 Å². The summed E-state index contributed by atoms with van der Waals surface area (Å²) in [5.41, 5.74) is 3.39. The SMILES string of the molecule is O=C(O)c1cccc([C@H]2CCCN(Cc3cncs3)C2)c1. The van der Waals surface area contributed by atoms with Gasteiger partial charge < -0.3 is 5.11 Å². The van der Waals surface area contributed by atoms with E-state index < -0.39 is 5.97 Å². The Morgan fingerprint density at radius 2 is 2.38 bits per heavy atom. The molecule has 1 aliphatic heterocycles.